The van der Waals surface area contributed by atoms with Crippen molar-refractivity contribution < 1.29 is 13.2 Å². The maximum Gasteiger partial charge on any atom is 0.243 e. The van der Waals surface area contributed by atoms with Gasteiger partial charge in [0.1, 0.15) is 5.75 Å². The molecule has 140 valence electrons. The van der Waals surface area contributed by atoms with Gasteiger partial charge in [-0.2, -0.15) is 4.31 Å². The molecular weight excluding hydrogens is 372 g/mol. The van der Waals surface area contributed by atoms with Crippen molar-refractivity contribution in [3.63, 3.8) is 0 Å². The number of halogens is 1. The van der Waals surface area contributed by atoms with Crippen LogP contribution in [0.15, 0.2) is 53.4 Å². The monoisotopic (exact) mass is 394 g/mol. The molecule has 26 heavy (non-hydrogen) atoms. The molecule has 5 nitrogen and oxygen atoms in total. The maximum atomic E-state index is 12.8. The highest BCUT2D eigenvalue weighted by Gasteiger charge is 2.28. The van der Waals surface area contributed by atoms with E-state index < -0.39 is 10.0 Å². The Morgan fingerprint density at radius 1 is 0.962 bits per heavy atom. The van der Waals surface area contributed by atoms with Gasteiger partial charge in [-0.1, -0.05) is 12.1 Å². The first-order valence-corrected chi connectivity index (χ1v) is 10.6. The molecular formula is C19H23ClN2O3S. The number of methoxy groups -OCH3 is 1. The Hall–Kier alpha value is -1.76. The zero-order chi connectivity index (χ0) is 18.6. The number of ether oxygens (including phenoxy) is 1. The van der Waals surface area contributed by atoms with Crippen molar-refractivity contribution in [3.8, 4) is 5.75 Å². The van der Waals surface area contributed by atoms with Crippen molar-refractivity contribution in [2.75, 3.05) is 44.1 Å². The highest BCUT2D eigenvalue weighted by atomic mass is 35.5. The summed E-state index contributed by atoms with van der Waals surface area (Å²) in [6.45, 7) is 2.27. The predicted molar refractivity (Wildman–Crippen MR) is 105 cm³/mol. The molecule has 2 aromatic carbocycles. The molecule has 0 amide bonds. The van der Waals surface area contributed by atoms with Crippen molar-refractivity contribution >= 4 is 27.3 Å². The molecule has 0 atom stereocenters. The molecule has 2 aromatic rings. The molecule has 0 bridgehead atoms. The summed E-state index contributed by atoms with van der Waals surface area (Å²) in [6.07, 6.45) is 0.739. The van der Waals surface area contributed by atoms with Crippen molar-refractivity contribution in [1.82, 2.24) is 4.31 Å². The number of alkyl halides is 1. The second kappa shape index (κ2) is 8.29. The van der Waals surface area contributed by atoms with E-state index in [0.29, 0.717) is 37.0 Å². The summed E-state index contributed by atoms with van der Waals surface area (Å²) < 4.78 is 32.4. The van der Waals surface area contributed by atoms with Crippen LogP contribution >= 0.6 is 11.6 Å². The van der Waals surface area contributed by atoms with Crippen LogP contribution in [0.1, 0.15) is 5.56 Å². The lowest BCUT2D eigenvalue weighted by Gasteiger charge is -2.35. The zero-order valence-corrected chi connectivity index (χ0v) is 16.3. The van der Waals surface area contributed by atoms with Crippen LogP contribution in [0.5, 0.6) is 5.75 Å². The largest absolute Gasteiger partial charge is 0.497 e. The summed E-state index contributed by atoms with van der Waals surface area (Å²) in [7, 11) is -1.82. The number of aryl methyl sites for hydroxylation is 1. The van der Waals surface area contributed by atoms with Crippen molar-refractivity contribution in [3.05, 3.63) is 54.1 Å². The Kier molecular flexibility index (Phi) is 6.06. The lowest BCUT2D eigenvalue weighted by atomic mass is 10.2. The van der Waals surface area contributed by atoms with Gasteiger partial charge in [0, 0.05) is 37.7 Å². The van der Waals surface area contributed by atoms with Crippen molar-refractivity contribution in [1.29, 1.82) is 0 Å². The lowest BCUT2D eigenvalue weighted by molar-refractivity contribution is 0.384. The number of rotatable bonds is 6. The average Bonchev–Trinajstić information content (AvgIpc) is 2.69. The minimum absolute atomic E-state index is 0.341. The minimum atomic E-state index is -3.46. The van der Waals surface area contributed by atoms with E-state index in [4.69, 9.17) is 16.3 Å². The lowest BCUT2D eigenvalue weighted by Crippen LogP contribution is -2.48. The first kappa shape index (κ1) is 19.0. The van der Waals surface area contributed by atoms with Gasteiger partial charge in [0.05, 0.1) is 12.0 Å². The average molecular weight is 395 g/mol. The molecule has 0 saturated carbocycles. The Morgan fingerprint density at radius 2 is 1.58 bits per heavy atom. The second-order valence-electron chi connectivity index (χ2n) is 6.17. The molecule has 0 radical (unpaired) electrons. The zero-order valence-electron chi connectivity index (χ0n) is 14.8. The standard InChI is InChI=1S/C19H23ClN2O3S/c1-25-18-6-4-17(5-7-18)21-12-14-22(15-13-21)26(23,24)19-8-2-16(3-9-19)10-11-20/h2-9H,10-15H2,1H3. The highest BCUT2D eigenvalue weighted by Crippen LogP contribution is 2.23. The van der Waals surface area contributed by atoms with Gasteiger partial charge in [0.25, 0.3) is 0 Å². The van der Waals surface area contributed by atoms with Crippen LogP contribution in [0.4, 0.5) is 5.69 Å². The van der Waals surface area contributed by atoms with Gasteiger partial charge in [-0.25, -0.2) is 8.42 Å². The van der Waals surface area contributed by atoms with E-state index in [1.807, 2.05) is 36.4 Å². The fourth-order valence-corrected chi connectivity index (χ4v) is 4.71. The van der Waals surface area contributed by atoms with Crippen LogP contribution in [0.3, 0.4) is 0 Å². The van der Waals surface area contributed by atoms with Gasteiger partial charge in [-0.3, -0.25) is 0 Å². The summed E-state index contributed by atoms with van der Waals surface area (Å²) in [5.41, 5.74) is 2.12. The first-order chi connectivity index (χ1) is 12.5. The van der Waals surface area contributed by atoms with E-state index >= 15 is 0 Å². The number of hydrogen-bond donors (Lipinski definition) is 0. The van der Waals surface area contributed by atoms with E-state index in [1.54, 1.807) is 23.5 Å². The van der Waals surface area contributed by atoms with Crippen LogP contribution in [0, 0.1) is 0 Å². The molecule has 0 unspecified atom stereocenters. The normalized spacial score (nSPS) is 15.8. The summed E-state index contributed by atoms with van der Waals surface area (Å²) in [6, 6.07) is 14.9. The van der Waals surface area contributed by atoms with Gasteiger partial charge in [-0.05, 0) is 48.4 Å². The Labute approximate surface area is 160 Å². The summed E-state index contributed by atoms with van der Waals surface area (Å²) in [4.78, 5) is 2.53. The molecule has 0 aliphatic carbocycles. The Balaban J connectivity index is 1.66. The third kappa shape index (κ3) is 4.14. The number of nitrogens with zero attached hydrogens (tertiary/aromatic N) is 2. The number of sulfonamides is 1. The van der Waals surface area contributed by atoms with Gasteiger partial charge in [0.15, 0.2) is 0 Å². The van der Waals surface area contributed by atoms with E-state index in [9.17, 15) is 8.42 Å². The first-order valence-electron chi connectivity index (χ1n) is 8.58. The molecule has 0 spiro atoms. The third-order valence-corrected chi connectivity index (χ3v) is 6.72. The van der Waals surface area contributed by atoms with Gasteiger partial charge in [0.2, 0.25) is 10.0 Å². The summed E-state index contributed by atoms with van der Waals surface area (Å²) >= 11 is 5.73. The molecule has 1 aliphatic heterocycles. The molecule has 3 rings (SSSR count). The molecule has 0 N–H and O–H groups in total. The second-order valence-corrected chi connectivity index (χ2v) is 8.49. The quantitative estimate of drug-likeness (QED) is 0.707. The number of benzene rings is 2. The van der Waals surface area contributed by atoms with Crippen molar-refractivity contribution in [2.45, 2.75) is 11.3 Å². The fraction of sp³-hybridized carbons (Fsp3) is 0.368. The SMILES string of the molecule is COc1ccc(N2CCN(S(=O)(=O)c3ccc(CCCl)cc3)CC2)cc1. The Bertz CT molecular complexity index is 815. The fourth-order valence-electron chi connectivity index (χ4n) is 3.07. The van der Waals surface area contributed by atoms with E-state index in [2.05, 4.69) is 4.90 Å². The molecule has 0 aromatic heterocycles. The summed E-state index contributed by atoms with van der Waals surface area (Å²) in [5.74, 6) is 1.34. The van der Waals surface area contributed by atoms with Crippen LogP contribution in [-0.2, 0) is 16.4 Å². The van der Waals surface area contributed by atoms with Gasteiger partial charge < -0.3 is 9.64 Å². The summed E-state index contributed by atoms with van der Waals surface area (Å²) in [5, 5.41) is 0. The van der Waals surface area contributed by atoms with Crippen LogP contribution < -0.4 is 9.64 Å². The smallest absolute Gasteiger partial charge is 0.243 e. The predicted octanol–water partition coefficient (Wildman–Crippen LogP) is 2.99. The highest BCUT2D eigenvalue weighted by molar-refractivity contribution is 7.89. The number of anilines is 1. The third-order valence-electron chi connectivity index (χ3n) is 4.62. The van der Waals surface area contributed by atoms with Gasteiger partial charge in [-0.15, -0.1) is 11.6 Å². The van der Waals surface area contributed by atoms with E-state index in [0.717, 1.165) is 23.4 Å². The van der Waals surface area contributed by atoms with E-state index in [1.165, 1.54) is 0 Å². The van der Waals surface area contributed by atoms with Crippen LogP contribution in [0.2, 0.25) is 0 Å². The van der Waals surface area contributed by atoms with Crippen molar-refractivity contribution in [2.24, 2.45) is 0 Å². The number of piperazine rings is 1. The molecule has 1 fully saturated rings. The van der Waals surface area contributed by atoms with Crippen LogP contribution in [-0.4, -0.2) is 51.9 Å². The number of hydrogen-bond acceptors (Lipinski definition) is 4. The molecule has 1 aliphatic rings. The van der Waals surface area contributed by atoms with Gasteiger partial charge >= 0.3 is 0 Å². The topological polar surface area (TPSA) is 49.9 Å². The Morgan fingerprint density at radius 3 is 2.12 bits per heavy atom. The maximum absolute atomic E-state index is 12.8. The molecule has 1 heterocycles. The van der Waals surface area contributed by atoms with E-state index in [-0.39, 0.29) is 0 Å². The molecule has 1 saturated heterocycles. The molecule has 7 heteroatoms. The van der Waals surface area contributed by atoms with Crippen LogP contribution in [0.25, 0.3) is 0 Å². The minimum Gasteiger partial charge on any atom is -0.497 e.